The molecule has 2 aromatic carbocycles. The molecule has 1 aliphatic rings. The highest BCUT2D eigenvalue weighted by Crippen LogP contribution is 2.50. The first-order valence-corrected chi connectivity index (χ1v) is 9.50. The summed E-state index contributed by atoms with van der Waals surface area (Å²) < 4.78 is 37.0. The zero-order valence-electron chi connectivity index (χ0n) is 13.8. The van der Waals surface area contributed by atoms with Crippen LogP contribution in [-0.2, 0) is 10.1 Å². The van der Waals surface area contributed by atoms with Gasteiger partial charge in [-0.05, 0) is 51.0 Å². The number of benzene rings is 2. The molecule has 0 aromatic heterocycles. The number of rotatable bonds is 5. The summed E-state index contributed by atoms with van der Waals surface area (Å²) in [5, 5.41) is 0. The number of hydrogen-bond donors (Lipinski definition) is 1. The topological polar surface area (TPSA) is 66.8 Å². The van der Waals surface area contributed by atoms with Gasteiger partial charge >= 0.3 is 0 Å². The van der Waals surface area contributed by atoms with E-state index >= 15 is 0 Å². The summed E-state index contributed by atoms with van der Waals surface area (Å²) in [4.78, 5) is 2.19. The second kappa shape index (κ2) is 6.11. The lowest BCUT2D eigenvalue weighted by Crippen LogP contribution is -2.42. The first-order valence-electron chi connectivity index (χ1n) is 7.89. The number of anilines is 2. The van der Waals surface area contributed by atoms with Crippen molar-refractivity contribution in [2.24, 2.45) is 0 Å². The molecule has 0 unspecified atom stereocenters. The predicted molar refractivity (Wildman–Crippen MR) is 94.8 cm³/mol. The van der Waals surface area contributed by atoms with Crippen LogP contribution in [0, 0.1) is 0 Å². The number of fused-ring (bicyclic) bond motifs is 2. The molecule has 0 atom stereocenters. The Labute approximate surface area is 142 Å². The summed E-state index contributed by atoms with van der Waals surface area (Å²) in [5.74, 6) is 1.32. The van der Waals surface area contributed by atoms with Crippen LogP contribution in [-0.4, -0.2) is 24.3 Å². The standard InChI is InChI=1S/C18H21NO4S/c1-18(2,12-7-13-24(20,21)22)19-14-8-3-5-10-16(14)23-17-11-6-4-9-15(17)19/h3-6,8-11H,7,12-13H2,1-2H3,(H,20,21,22). The second-order valence-corrected chi connectivity index (χ2v) is 8.15. The van der Waals surface area contributed by atoms with Gasteiger partial charge in [-0.25, -0.2) is 0 Å². The van der Waals surface area contributed by atoms with Gasteiger partial charge < -0.3 is 9.64 Å². The molecule has 128 valence electrons. The molecule has 6 heteroatoms. The minimum atomic E-state index is -3.94. The highest BCUT2D eigenvalue weighted by atomic mass is 32.2. The maximum absolute atomic E-state index is 11.0. The van der Waals surface area contributed by atoms with Crippen LogP contribution in [0.5, 0.6) is 11.5 Å². The quantitative estimate of drug-likeness (QED) is 0.813. The largest absolute Gasteiger partial charge is 0.453 e. The third-order valence-electron chi connectivity index (χ3n) is 4.23. The molecular weight excluding hydrogens is 326 g/mol. The third-order valence-corrected chi connectivity index (χ3v) is 5.03. The normalized spacial score (nSPS) is 13.9. The van der Waals surface area contributed by atoms with Crippen LogP contribution in [0.1, 0.15) is 26.7 Å². The van der Waals surface area contributed by atoms with Crippen LogP contribution < -0.4 is 9.64 Å². The molecule has 0 fully saturated rings. The van der Waals surface area contributed by atoms with Crippen molar-refractivity contribution in [1.29, 1.82) is 0 Å². The molecule has 0 radical (unpaired) electrons. The van der Waals surface area contributed by atoms with Crippen LogP contribution in [0.3, 0.4) is 0 Å². The lowest BCUT2D eigenvalue weighted by Gasteiger charge is -2.44. The first kappa shape index (κ1) is 16.8. The molecule has 0 aliphatic carbocycles. The van der Waals surface area contributed by atoms with Crippen LogP contribution in [0.2, 0.25) is 0 Å². The average molecular weight is 347 g/mol. The SMILES string of the molecule is CC(C)(CCCS(=O)(=O)O)N1c2ccccc2Oc2ccccc21. The minimum Gasteiger partial charge on any atom is -0.453 e. The Morgan fingerprint density at radius 3 is 2.00 bits per heavy atom. The zero-order valence-corrected chi connectivity index (χ0v) is 14.6. The van der Waals surface area contributed by atoms with Crippen molar-refractivity contribution in [2.75, 3.05) is 10.7 Å². The van der Waals surface area contributed by atoms with Crippen molar-refractivity contribution in [3.8, 4) is 11.5 Å². The Kier molecular flexibility index (Phi) is 4.27. The van der Waals surface area contributed by atoms with Gasteiger partial charge in [-0.1, -0.05) is 24.3 Å². The second-order valence-electron chi connectivity index (χ2n) is 6.57. The van der Waals surface area contributed by atoms with Crippen molar-refractivity contribution >= 4 is 21.5 Å². The van der Waals surface area contributed by atoms with Gasteiger partial charge in [0.15, 0.2) is 11.5 Å². The van der Waals surface area contributed by atoms with E-state index < -0.39 is 10.1 Å². The maximum atomic E-state index is 11.0. The molecule has 3 rings (SSSR count). The fraction of sp³-hybridized carbons (Fsp3) is 0.333. The number of para-hydroxylation sites is 4. The van der Waals surface area contributed by atoms with Gasteiger partial charge in [0, 0.05) is 5.54 Å². The molecular formula is C18H21NO4S. The van der Waals surface area contributed by atoms with Crippen LogP contribution in [0.25, 0.3) is 0 Å². The van der Waals surface area contributed by atoms with Crippen LogP contribution >= 0.6 is 0 Å². The molecule has 5 nitrogen and oxygen atoms in total. The molecule has 2 aromatic rings. The number of hydrogen-bond acceptors (Lipinski definition) is 4. The average Bonchev–Trinajstić information content (AvgIpc) is 2.50. The van der Waals surface area contributed by atoms with Gasteiger partial charge in [-0.3, -0.25) is 4.55 Å². The summed E-state index contributed by atoms with van der Waals surface area (Å²) in [6, 6.07) is 15.6. The Balaban J connectivity index is 1.97. The predicted octanol–water partition coefficient (Wildman–Crippen LogP) is 4.38. The van der Waals surface area contributed by atoms with Gasteiger partial charge in [0.1, 0.15) is 0 Å². The monoisotopic (exact) mass is 347 g/mol. The zero-order chi connectivity index (χ0) is 17.4. The van der Waals surface area contributed by atoms with E-state index in [9.17, 15) is 8.42 Å². The molecule has 1 aliphatic heterocycles. The van der Waals surface area contributed by atoms with E-state index in [0.717, 1.165) is 22.9 Å². The number of nitrogens with zero attached hydrogens (tertiary/aromatic N) is 1. The highest BCUT2D eigenvalue weighted by Gasteiger charge is 2.34. The fourth-order valence-electron chi connectivity index (χ4n) is 3.16. The summed E-state index contributed by atoms with van der Waals surface area (Å²) in [7, 11) is -3.94. The Morgan fingerprint density at radius 1 is 1.00 bits per heavy atom. The van der Waals surface area contributed by atoms with E-state index in [1.165, 1.54) is 0 Å². The van der Waals surface area contributed by atoms with E-state index in [2.05, 4.69) is 18.7 Å². The van der Waals surface area contributed by atoms with E-state index in [4.69, 9.17) is 9.29 Å². The van der Waals surface area contributed by atoms with Crippen molar-refractivity contribution < 1.29 is 17.7 Å². The van der Waals surface area contributed by atoms with Crippen molar-refractivity contribution in [3.05, 3.63) is 48.5 Å². The van der Waals surface area contributed by atoms with Gasteiger partial charge in [0.05, 0.1) is 17.1 Å². The molecule has 0 spiro atoms. The Hall–Kier alpha value is -2.05. The fourth-order valence-corrected chi connectivity index (χ4v) is 3.66. The van der Waals surface area contributed by atoms with Gasteiger partial charge in [0.25, 0.3) is 10.1 Å². The Morgan fingerprint density at radius 2 is 1.50 bits per heavy atom. The molecule has 1 N–H and O–H groups in total. The minimum absolute atomic E-state index is 0.232. The van der Waals surface area contributed by atoms with Gasteiger partial charge in [-0.2, -0.15) is 8.42 Å². The van der Waals surface area contributed by atoms with E-state index in [1.54, 1.807) is 0 Å². The molecule has 1 heterocycles. The molecule has 0 saturated heterocycles. The van der Waals surface area contributed by atoms with Crippen LogP contribution in [0.15, 0.2) is 48.5 Å². The van der Waals surface area contributed by atoms with Crippen molar-refractivity contribution in [2.45, 2.75) is 32.2 Å². The highest BCUT2D eigenvalue weighted by molar-refractivity contribution is 7.85. The molecule has 0 bridgehead atoms. The maximum Gasteiger partial charge on any atom is 0.264 e. The van der Waals surface area contributed by atoms with Crippen LogP contribution in [0.4, 0.5) is 11.4 Å². The summed E-state index contributed by atoms with van der Waals surface area (Å²) >= 11 is 0. The summed E-state index contributed by atoms with van der Waals surface area (Å²) in [6.45, 7) is 4.13. The van der Waals surface area contributed by atoms with Gasteiger partial charge in [-0.15, -0.1) is 0 Å². The Bertz CT molecular complexity index is 800. The number of ether oxygens (including phenoxy) is 1. The van der Waals surface area contributed by atoms with E-state index in [0.29, 0.717) is 12.8 Å². The molecule has 0 saturated carbocycles. The molecule has 24 heavy (non-hydrogen) atoms. The van der Waals surface area contributed by atoms with E-state index in [1.807, 2.05) is 48.5 Å². The summed E-state index contributed by atoms with van der Waals surface area (Å²) in [6.07, 6.45) is 0.989. The molecule has 0 amide bonds. The third kappa shape index (κ3) is 3.39. The van der Waals surface area contributed by atoms with E-state index in [-0.39, 0.29) is 11.3 Å². The van der Waals surface area contributed by atoms with Gasteiger partial charge in [0.2, 0.25) is 0 Å². The smallest absolute Gasteiger partial charge is 0.264 e. The van der Waals surface area contributed by atoms with Crippen molar-refractivity contribution in [3.63, 3.8) is 0 Å². The lowest BCUT2D eigenvalue weighted by molar-refractivity contribution is 0.416. The summed E-state index contributed by atoms with van der Waals surface area (Å²) in [5.41, 5.74) is 1.56. The first-order chi connectivity index (χ1) is 11.3. The lowest BCUT2D eigenvalue weighted by atomic mass is 9.93. The van der Waals surface area contributed by atoms with Crippen molar-refractivity contribution in [1.82, 2.24) is 0 Å².